The molecule has 1 atom stereocenters. The van der Waals surface area contributed by atoms with E-state index in [2.05, 4.69) is 0 Å². The molecule has 2 heterocycles. The second kappa shape index (κ2) is 14.6. The number of amides is 1. The second-order valence-electron chi connectivity index (χ2n) is 10.5. The average molecular weight is 681 g/mol. The first kappa shape index (κ1) is 33.3. The van der Waals surface area contributed by atoms with E-state index in [0.717, 1.165) is 11.1 Å². The normalized spacial score (nSPS) is 14.5. The van der Waals surface area contributed by atoms with E-state index in [9.17, 15) is 9.59 Å². The number of ether oxygens (including phenoxy) is 3. The third-order valence-corrected chi connectivity index (χ3v) is 9.27. The van der Waals surface area contributed by atoms with E-state index in [1.807, 2.05) is 70.2 Å². The van der Waals surface area contributed by atoms with Crippen molar-refractivity contribution in [2.24, 2.45) is 4.99 Å². The predicted molar refractivity (Wildman–Crippen MR) is 183 cm³/mol. The summed E-state index contributed by atoms with van der Waals surface area (Å²) in [6.07, 6.45) is 1.80. The minimum Gasteiger partial charge on any atom is -0.496 e. The number of para-hydroxylation sites is 1. The first-order chi connectivity index (χ1) is 22.2. The number of methoxy groups -OCH3 is 1. The summed E-state index contributed by atoms with van der Waals surface area (Å²) in [5.74, 6) is 1.49. The van der Waals surface area contributed by atoms with Gasteiger partial charge in [0.15, 0.2) is 16.3 Å². The number of nitrogens with zero attached hydrogens (tertiary/aromatic N) is 3. The summed E-state index contributed by atoms with van der Waals surface area (Å²) in [6.45, 7) is 9.29. The van der Waals surface area contributed by atoms with Gasteiger partial charge in [-0.2, -0.15) is 0 Å². The molecule has 0 saturated heterocycles. The third-order valence-electron chi connectivity index (χ3n) is 7.70. The van der Waals surface area contributed by atoms with Gasteiger partial charge in [0.2, 0.25) is 0 Å². The van der Waals surface area contributed by atoms with Crippen molar-refractivity contribution in [2.45, 2.75) is 40.3 Å². The number of benzene rings is 3. The number of likely N-dealkylation sites (N-methyl/N-ethyl adjacent to an activating group) is 1. The van der Waals surface area contributed by atoms with Crippen LogP contribution in [0.25, 0.3) is 6.08 Å². The zero-order valence-electron chi connectivity index (χ0n) is 26.3. The highest BCUT2D eigenvalue weighted by Gasteiger charge is 2.35. The molecular weight excluding hydrogens is 645 g/mol. The fraction of sp³-hybridized carbons (Fsp3) is 0.286. The lowest BCUT2D eigenvalue weighted by molar-refractivity contribution is -0.127. The van der Waals surface area contributed by atoms with Crippen molar-refractivity contribution in [1.82, 2.24) is 9.47 Å². The van der Waals surface area contributed by atoms with Crippen molar-refractivity contribution >= 4 is 46.5 Å². The number of carbonyl (C=O) groups is 1. The highest BCUT2D eigenvalue weighted by Crippen LogP contribution is 2.36. The minimum absolute atomic E-state index is 0.159. The Balaban J connectivity index is 1.58. The molecule has 4 aromatic rings. The van der Waals surface area contributed by atoms with E-state index in [-0.39, 0.29) is 18.1 Å². The van der Waals surface area contributed by atoms with Crippen LogP contribution in [0, 0.1) is 0 Å². The van der Waals surface area contributed by atoms with Gasteiger partial charge in [0.1, 0.15) is 18.4 Å². The van der Waals surface area contributed by atoms with Crippen LogP contribution in [0.1, 0.15) is 50.4 Å². The Morgan fingerprint density at radius 2 is 1.76 bits per heavy atom. The van der Waals surface area contributed by atoms with Crippen molar-refractivity contribution in [1.29, 1.82) is 0 Å². The van der Waals surface area contributed by atoms with Crippen molar-refractivity contribution in [3.05, 3.63) is 118 Å². The Bertz CT molecular complexity index is 1980. The number of fused-ring (bicyclic) bond motifs is 1. The smallest absolute Gasteiger partial charge is 0.271 e. The molecule has 1 aromatic heterocycles. The lowest BCUT2D eigenvalue weighted by atomic mass is 9.94. The molecule has 0 saturated carbocycles. The minimum atomic E-state index is -0.711. The zero-order valence-corrected chi connectivity index (χ0v) is 28.6. The first-order valence-corrected chi connectivity index (χ1v) is 16.6. The van der Waals surface area contributed by atoms with Gasteiger partial charge >= 0.3 is 0 Å². The van der Waals surface area contributed by atoms with Crippen LogP contribution in [-0.2, 0) is 11.4 Å². The maximum absolute atomic E-state index is 14.2. The topological polar surface area (TPSA) is 82.4 Å². The molecule has 240 valence electrons. The van der Waals surface area contributed by atoms with E-state index >= 15 is 0 Å². The maximum atomic E-state index is 14.2. The van der Waals surface area contributed by atoms with Gasteiger partial charge in [-0.25, -0.2) is 4.99 Å². The number of carbonyl (C=O) groups excluding carboxylic acids is 1. The molecular formula is C35H35Cl2N3O5S. The molecule has 1 aliphatic rings. The number of halogens is 2. The largest absolute Gasteiger partial charge is 0.496 e. The Labute approximate surface area is 281 Å². The van der Waals surface area contributed by atoms with Gasteiger partial charge in [-0.05, 0) is 69.7 Å². The first-order valence-electron chi connectivity index (χ1n) is 15.0. The number of allylic oxidation sites excluding steroid dienone is 1. The molecule has 0 fully saturated rings. The fourth-order valence-electron chi connectivity index (χ4n) is 5.41. The Kier molecular flexibility index (Phi) is 10.6. The Morgan fingerprint density at radius 3 is 2.46 bits per heavy atom. The molecule has 5 rings (SSSR count). The highest BCUT2D eigenvalue weighted by molar-refractivity contribution is 7.07. The number of hydrogen-bond acceptors (Lipinski definition) is 7. The molecule has 0 bridgehead atoms. The lowest BCUT2D eigenvalue weighted by Crippen LogP contribution is -2.43. The van der Waals surface area contributed by atoms with Crippen LogP contribution < -0.4 is 29.1 Å². The molecule has 0 aliphatic carbocycles. The van der Waals surface area contributed by atoms with Gasteiger partial charge in [-0.3, -0.25) is 14.2 Å². The van der Waals surface area contributed by atoms with Gasteiger partial charge in [0.05, 0.1) is 29.5 Å². The summed E-state index contributed by atoms with van der Waals surface area (Å²) < 4.78 is 19.7. The molecule has 1 aliphatic heterocycles. The van der Waals surface area contributed by atoms with E-state index in [1.165, 1.54) is 11.3 Å². The second-order valence-corrected chi connectivity index (χ2v) is 12.3. The van der Waals surface area contributed by atoms with Gasteiger partial charge in [-0.15, -0.1) is 0 Å². The van der Waals surface area contributed by atoms with Crippen LogP contribution in [0.2, 0.25) is 10.0 Å². The predicted octanol–water partition coefficient (Wildman–Crippen LogP) is 6.40. The van der Waals surface area contributed by atoms with E-state index in [4.69, 9.17) is 42.4 Å². The molecule has 0 radical (unpaired) electrons. The number of thiazole rings is 1. The summed E-state index contributed by atoms with van der Waals surface area (Å²) in [4.78, 5) is 35.1. The monoisotopic (exact) mass is 679 g/mol. The van der Waals surface area contributed by atoms with Crippen molar-refractivity contribution in [3.8, 4) is 17.2 Å². The zero-order chi connectivity index (χ0) is 33.0. The highest BCUT2D eigenvalue weighted by atomic mass is 35.5. The molecule has 3 aromatic carbocycles. The fourth-order valence-corrected chi connectivity index (χ4v) is 6.92. The molecule has 1 amide bonds. The number of aromatic nitrogens is 1. The van der Waals surface area contributed by atoms with Gasteiger partial charge in [0, 0.05) is 34.3 Å². The number of rotatable bonds is 11. The van der Waals surface area contributed by atoms with Crippen molar-refractivity contribution in [2.75, 3.05) is 26.8 Å². The summed E-state index contributed by atoms with van der Waals surface area (Å²) in [6, 6.07) is 17.5. The van der Waals surface area contributed by atoms with Gasteiger partial charge in [0.25, 0.3) is 11.5 Å². The summed E-state index contributed by atoms with van der Waals surface area (Å²) in [7, 11) is 1.58. The van der Waals surface area contributed by atoms with Crippen molar-refractivity contribution in [3.63, 3.8) is 0 Å². The summed E-state index contributed by atoms with van der Waals surface area (Å²) in [5, 5.41) is 1.07. The maximum Gasteiger partial charge on any atom is 0.271 e. The molecule has 0 N–H and O–H groups in total. The lowest BCUT2D eigenvalue weighted by Gasteiger charge is -2.29. The molecule has 46 heavy (non-hydrogen) atoms. The third kappa shape index (κ3) is 6.72. The van der Waals surface area contributed by atoms with Crippen LogP contribution in [-0.4, -0.2) is 42.2 Å². The SMILES string of the molecule is CCOc1cc(/C=c2/sc3n(c2=O)[C@H](c2ccccc2OC)C(C(=O)N(CC)CC)=C(C)N=3)ccc1OCc1ccc(Cl)cc1Cl. The number of hydrogen-bond donors (Lipinski definition) is 0. The van der Waals surface area contributed by atoms with E-state index < -0.39 is 6.04 Å². The van der Waals surface area contributed by atoms with E-state index in [1.54, 1.807) is 40.9 Å². The van der Waals surface area contributed by atoms with Crippen LogP contribution in [0.5, 0.6) is 17.2 Å². The quantitative estimate of drug-likeness (QED) is 0.183. The van der Waals surface area contributed by atoms with Gasteiger partial charge in [-0.1, -0.05) is 64.9 Å². The van der Waals surface area contributed by atoms with Gasteiger partial charge < -0.3 is 19.1 Å². The Hall–Kier alpha value is -4.05. The molecule has 8 nitrogen and oxygen atoms in total. The van der Waals surface area contributed by atoms with Crippen LogP contribution in [0.15, 0.2) is 81.7 Å². The van der Waals surface area contributed by atoms with E-state index in [0.29, 0.717) is 73.2 Å². The van der Waals surface area contributed by atoms with Crippen molar-refractivity contribution < 1.29 is 19.0 Å². The molecule has 0 unspecified atom stereocenters. The molecule has 0 spiro atoms. The van der Waals surface area contributed by atoms with Crippen LogP contribution in [0.4, 0.5) is 0 Å². The van der Waals surface area contributed by atoms with Crippen LogP contribution >= 0.6 is 34.5 Å². The van der Waals surface area contributed by atoms with Crippen LogP contribution in [0.3, 0.4) is 0 Å². The molecule has 11 heteroatoms. The summed E-state index contributed by atoms with van der Waals surface area (Å²) in [5.41, 5.74) is 3.01. The Morgan fingerprint density at radius 1 is 1.00 bits per heavy atom. The summed E-state index contributed by atoms with van der Waals surface area (Å²) >= 11 is 13.6. The average Bonchev–Trinajstić information content (AvgIpc) is 3.34. The standard InChI is InChI=1S/C35H35Cl2N3O5S/c1-6-39(7-2)34(42)31-21(4)38-35-40(32(31)25-11-9-10-12-27(25)43-5)33(41)30(46-35)18-22-13-16-28(29(17-22)44-8-3)45-20-23-14-15-24(36)19-26(23)37/h9-19,32H,6-8,20H2,1-5H3/b30-18+/t32-/m1/s1.